The summed E-state index contributed by atoms with van der Waals surface area (Å²) < 4.78 is 5.16. The first-order valence-electron chi connectivity index (χ1n) is 6.84. The number of nitrogens with one attached hydrogen (secondary N) is 1. The summed E-state index contributed by atoms with van der Waals surface area (Å²) >= 11 is 0. The van der Waals surface area contributed by atoms with Crippen LogP contribution in [0.4, 0.5) is 0 Å². The van der Waals surface area contributed by atoms with Crippen molar-refractivity contribution in [2.75, 3.05) is 13.6 Å². The van der Waals surface area contributed by atoms with E-state index >= 15 is 0 Å². The van der Waals surface area contributed by atoms with E-state index in [1.165, 1.54) is 16.7 Å². The van der Waals surface area contributed by atoms with Crippen LogP contribution >= 0.6 is 0 Å². The topological polar surface area (TPSA) is 28.4 Å². The highest BCUT2D eigenvalue weighted by molar-refractivity contribution is 5.31. The minimum atomic E-state index is 0.473. The van der Waals surface area contributed by atoms with Gasteiger partial charge in [0.1, 0.15) is 0 Å². The normalized spacial score (nSPS) is 19.2. The maximum Gasteiger partial charge on any atom is 0.0947 e. The van der Waals surface area contributed by atoms with Gasteiger partial charge in [-0.2, -0.15) is 0 Å². The second kappa shape index (κ2) is 5.59. The van der Waals surface area contributed by atoms with Crippen LogP contribution in [0.1, 0.15) is 29.2 Å². The fraction of sp³-hybridized carbons (Fsp3) is 0.375. The van der Waals surface area contributed by atoms with Crippen LogP contribution in [0.3, 0.4) is 0 Å². The van der Waals surface area contributed by atoms with Gasteiger partial charge in [0.2, 0.25) is 0 Å². The molecular weight excluding hydrogens is 236 g/mol. The largest absolute Gasteiger partial charge is 0.472 e. The summed E-state index contributed by atoms with van der Waals surface area (Å²) in [5.74, 6) is 0. The summed E-state index contributed by atoms with van der Waals surface area (Å²) in [6.07, 6.45) is 4.72. The van der Waals surface area contributed by atoms with E-state index in [1.807, 2.05) is 12.3 Å². The molecule has 1 aliphatic heterocycles. The number of rotatable bonds is 3. The van der Waals surface area contributed by atoms with Crippen LogP contribution in [0.25, 0.3) is 0 Å². The van der Waals surface area contributed by atoms with Crippen molar-refractivity contribution in [2.45, 2.75) is 25.6 Å². The first-order valence-corrected chi connectivity index (χ1v) is 6.84. The van der Waals surface area contributed by atoms with Gasteiger partial charge < -0.3 is 9.73 Å². The van der Waals surface area contributed by atoms with Crippen LogP contribution in [-0.2, 0) is 13.1 Å². The maximum atomic E-state index is 5.16. The van der Waals surface area contributed by atoms with E-state index in [-0.39, 0.29) is 0 Å². The quantitative estimate of drug-likeness (QED) is 0.915. The number of nitrogens with zero attached hydrogens (tertiary/aromatic N) is 1. The Kier molecular flexibility index (Phi) is 3.67. The lowest BCUT2D eigenvalue weighted by atomic mass is 9.98. The van der Waals surface area contributed by atoms with Crippen molar-refractivity contribution >= 4 is 0 Å². The van der Waals surface area contributed by atoms with Crippen molar-refractivity contribution in [3.8, 4) is 0 Å². The first kappa shape index (κ1) is 12.5. The number of fused-ring (bicyclic) bond motifs is 1. The van der Waals surface area contributed by atoms with Crippen LogP contribution in [0.2, 0.25) is 0 Å². The van der Waals surface area contributed by atoms with E-state index in [0.717, 1.165) is 26.1 Å². The minimum Gasteiger partial charge on any atom is -0.472 e. The predicted octanol–water partition coefficient (Wildman–Crippen LogP) is 2.95. The lowest BCUT2D eigenvalue weighted by Crippen LogP contribution is -2.25. The van der Waals surface area contributed by atoms with Gasteiger partial charge >= 0.3 is 0 Å². The van der Waals surface area contributed by atoms with Gasteiger partial charge in [0.25, 0.3) is 0 Å². The Labute approximate surface area is 114 Å². The molecule has 0 amide bonds. The number of benzene rings is 1. The Balaban J connectivity index is 1.83. The second-order valence-electron chi connectivity index (χ2n) is 5.23. The summed E-state index contributed by atoms with van der Waals surface area (Å²) in [5, 5.41) is 3.50. The van der Waals surface area contributed by atoms with Gasteiger partial charge in [0.05, 0.1) is 12.5 Å². The zero-order valence-corrected chi connectivity index (χ0v) is 11.3. The van der Waals surface area contributed by atoms with Gasteiger partial charge in [0, 0.05) is 24.7 Å². The van der Waals surface area contributed by atoms with Crippen LogP contribution in [0.5, 0.6) is 0 Å². The number of hydrogen-bond acceptors (Lipinski definition) is 3. The Morgan fingerprint density at radius 1 is 1.32 bits per heavy atom. The molecule has 1 aromatic carbocycles. The standard InChI is InChI=1S/C16H20N2O/c1-18(11-13-7-9-19-12-13)16-6-8-17-10-14-4-2-3-5-15(14)16/h2-5,7,9,12,16-17H,6,8,10-11H2,1H3. The molecule has 1 aliphatic rings. The van der Waals surface area contributed by atoms with E-state index in [2.05, 4.69) is 41.5 Å². The van der Waals surface area contributed by atoms with Gasteiger partial charge in [-0.1, -0.05) is 24.3 Å². The molecule has 0 saturated heterocycles. The van der Waals surface area contributed by atoms with Crippen molar-refractivity contribution in [1.29, 1.82) is 0 Å². The average Bonchev–Trinajstić information content (AvgIpc) is 2.83. The third-order valence-electron chi connectivity index (χ3n) is 3.87. The highest BCUT2D eigenvalue weighted by Crippen LogP contribution is 2.29. The molecule has 2 aromatic rings. The molecule has 0 spiro atoms. The molecule has 0 saturated carbocycles. The zero-order valence-electron chi connectivity index (χ0n) is 11.3. The lowest BCUT2D eigenvalue weighted by Gasteiger charge is -2.28. The third kappa shape index (κ3) is 2.72. The summed E-state index contributed by atoms with van der Waals surface area (Å²) in [7, 11) is 2.19. The average molecular weight is 256 g/mol. The SMILES string of the molecule is CN(Cc1ccoc1)C1CCNCc2ccccc21. The predicted molar refractivity (Wildman–Crippen MR) is 75.7 cm³/mol. The molecule has 3 rings (SSSR count). The van der Waals surface area contributed by atoms with Crippen molar-refractivity contribution < 1.29 is 4.42 Å². The molecule has 1 atom stereocenters. The Morgan fingerprint density at radius 3 is 3.05 bits per heavy atom. The fourth-order valence-corrected chi connectivity index (χ4v) is 2.88. The van der Waals surface area contributed by atoms with Crippen molar-refractivity contribution in [1.82, 2.24) is 10.2 Å². The third-order valence-corrected chi connectivity index (χ3v) is 3.87. The van der Waals surface area contributed by atoms with Crippen molar-refractivity contribution in [2.24, 2.45) is 0 Å². The highest BCUT2D eigenvalue weighted by Gasteiger charge is 2.21. The van der Waals surface area contributed by atoms with Gasteiger partial charge in [-0.05, 0) is 37.2 Å². The molecule has 0 fully saturated rings. The van der Waals surface area contributed by atoms with Crippen LogP contribution in [0.15, 0.2) is 47.3 Å². The van der Waals surface area contributed by atoms with E-state index in [1.54, 1.807) is 6.26 Å². The fourth-order valence-electron chi connectivity index (χ4n) is 2.88. The van der Waals surface area contributed by atoms with E-state index in [4.69, 9.17) is 4.42 Å². The summed E-state index contributed by atoms with van der Waals surface area (Å²) in [4.78, 5) is 2.41. The van der Waals surface area contributed by atoms with Crippen LogP contribution < -0.4 is 5.32 Å². The van der Waals surface area contributed by atoms with E-state index in [0.29, 0.717) is 6.04 Å². The summed E-state index contributed by atoms with van der Waals surface area (Å²) in [6, 6.07) is 11.3. The molecule has 0 radical (unpaired) electrons. The van der Waals surface area contributed by atoms with E-state index < -0.39 is 0 Å². The molecule has 19 heavy (non-hydrogen) atoms. The van der Waals surface area contributed by atoms with Gasteiger partial charge in [-0.15, -0.1) is 0 Å². The zero-order chi connectivity index (χ0) is 13.1. The molecule has 100 valence electrons. The molecule has 1 aromatic heterocycles. The van der Waals surface area contributed by atoms with Gasteiger partial charge in [-0.3, -0.25) is 4.90 Å². The molecule has 1 unspecified atom stereocenters. The minimum absolute atomic E-state index is 0.473. The lowest BCUT2D eigenvalue weighted by molar-refractivity contribution is 0.226. The molecule has 2 heterocycles. The molecule has 3 nitrogen and oxygen atoms in total. The molecule has 3 heteroatoms. The van der Waals surface area contributed by atoms with Crippen molar-refractivity contribution in [3.05, 3.63) is 59.5 Å². The van der Waals surface area contributed by atoms with Crippen LogP contribution in [0, 0.1) is 0 Å². The highest BCUT2D eigenvalue weighted by atomic mass is 16.3. The molecular formula is C16H20N2O. The number of hydrogen-bond donors (Lipinski definition) is 1. The maximum absolute atomic E-state index is 5.16. The monoisotopic (exact) mass is 256 g/mol. The second-order valence-corrected chi connectivity index (χ2v) is 5.23. The van der Waals surface area contributed by atoms with Gasteiger partial charge in [-0.25, -0.2) is 0 Å². The van der Waals surface area contributed by atoms with E-state index in [9.17, 15) is 0 Å². The molecule has 0 bridgehead atoms. The molecule has 1 N–H and O–H groups in total. The first-order chi connectivity index (χ1) is 9.34. The van der Waals surface area contributed by atoms with Crippen molar-refractivity contribution in [3.63, 3.8) is 0 Å². The van der Waals surface area contributed by atoms with Gasteiger partial charge in [0.15, 0.2) is 0 Å². The Bertz CT molecular complexity index is 521. The molecule has 0 aliphatic carbocycles. The summed E-state index contributed by atoms with van der Waals surface area (Å²) in [6.45, 7) is 2.97. The smallest absolute Gasteiger partial charge is 0.0947 e. The van der Waals surface area contributed by atoms with Crippen LogP contribution in [-0.4, -0.2) is 18.5 Å². The Morgan fingerprint density at radius 2 is 2.21 bits per heavy atom. The summed E-state index contributed by atoms with van der Waals surface area (Å²) in [5.41, 5.74) is 4.11. The Hall–Kier alpha value is -1.58. The number of furan rings is 1.